The van der Waals surface area contributed by atoms with Crippen molar-refractivity contribution < 1.29 is 4.21 Å². The summed E-state index contributed by atoms with van der Waals surface area (Å²) in [6, 6.07) is 19.7. The van der Waals surface area contributed by atoms with E-state index >= 15 is 0 Å². The van der Waals surface area contributed by atoms with Gasteiger partial charge in [-0.15, -0.1) is 0 Å². The van der Waals surface area contributed by atoms with Crippen LogP contribution < -0.4 is 4.90 Å². The molecule has 5 heteroatoms. The van der Waals surface area contributed by atoms with Crippen molar-refractivity contribution in [1.82, 2.24) is 9.97 Å². The van der Waals surface area contributed by atoms with Crippen molar-refractivity contribution in [2.45, 2.75) is 42.4 Å². The normalized spacial score (nSPS) is 12.0. The van der Waals surface area contributed by atoms with Crippen molar-refractivity contribution in [3.05, 3.63) is 108 Å². The molecule has 37 heavy (non-hydrogen) atoms. The fraction of sp³-hybridized carbons (Fsp3) is 0.188. The number of hydrogen-bond donors (Lipinski definition) is 0. The number of aromatic nitrogens is 2. The van der Waals surface area contributed by atoms with Crippen LogP contribution in [0.4, 0.5) is 11.4 Å². The van der Waals surface area contributed by atoms with E-state index in [-0.39, 0.29) is 0 Å². The molecule has 4 aromatic rings. The maximum absolute atomic E-state index is 13.9. The largest absolute Gasteiger partial charge is 0.339 e. The molecule has 0 saturated carbocycles. The van der Waals surface area contributed by atoms with Crippen LogP contribution in [-0.2, 0) is 10.8 Å². The van der Waals surface area contributed by atoms with Gasteiger partial charge >= 0.3 is 0 Å². The van der Waals surface area contributed by atoms with Crippen LogP contribution in [0.25, 0.3) is 0 Å². The third-order valence-electron chi connectivity index (χ3n) is 6.16. The highest BCUT2D eigenvalue weighted by atomic mass is 32.2. The minimum Gasteiger partial charge on any atom is -0.339 e. The zero-order chi connectivity index (χ0) is 25.5. The molecule has 0 N–H and O–H groups in total. The van der Waals surface area contributed by atoms with Gasteiger partial charge in [-0.05, 0) is 67.1 Å². The number of pyridine rings is 2. The second kappa shape index (κ2) is 11.7. The highest BCUT2D eigenvalue weighted by molar-refractivity contribution is 7.85. The summed E-state index contributed by atoms with van der Waals surface area (Å²) < 4.78 is 13.9. The first-order chi connectivity index (χ1) is 18.2. The Balaban J connectivity index is 1.51. The van der Waals surface area contributed by atoms with E-state index in [9.17, 15) is 4.21 Å². The molecule has 0 spiro atoms. The lowest BCUT2D eigenvalue weighted by atomic mass is 10.1. The summed E-state index contributed by atoms with van der Waals surface area (Å²) in [5.41, 5.74) is 5.34. The molecule has 1 aliphatic rings. The van der Waals surface area contributed by atoms with Crippen LogP contribution in [0.3, 0.4) is 0 Å². The number of nitrogens with zero attached hydrogens (tertiary/aromatic N) is 3. The van der Waals surface area contributed by atoms with Crippen molar-refractivity contribution >= 4 is 22.2 Å². The Hall–Kier alpha value is -4.19. The smallest absolute Gasteiger partial charge is 0.0893 e. The molecule has 2 aromatic heterocycles. The number of fused-ring (bicyclic) bond motifs is 2. The Labute approximate surface area is 221 Å². The minimum atomic E-state index is -1.34. The number of rotatable bonds is 5. The SMILES string of the molecule is CCCCCCN1c2ccc(C#Cc3cccnc3)cc2S(=O)c2cc(C#Cc3cccnc3)ccc21. The van der Waals surface area contributed by atoms with Gasteiger partial charge in [-0.3, -0.25) is 9.97 Å². The molecule has 0 saturated heterocycles. The van der Waals surface area contributed by atoms with Crippen molar-refractivity contribution in [3.63, 3.8) is 0 Å². The lowest BCUT2D eigenvalue weighted by Crippen LogP contribution is -2.25. The van der Waals surface area contributed by atoms with Gasteiger partial charge in [0.05, 0.1) is 32.0 Å². The van der Waals surface area contributed by atoms with Crippen LogP contribution in [0, 0.1) is 23.7 Å². The van der Waals surface area contributed by atoms with Gasteiger partial charge in [-0.2, -0.15) is 0 Å². The lowest BCUT2D eigenvalue weighted by molar-refractivity contribution is 0.661. The van der Waals surface area contributed by atoms with E-state index in [0.29, 0.717) is 0 Å². The summed E-state index contributed by atoms with van der Waals surface area (Å²) >= 11 is 0. The average molecular weight is 502 g/mol. The Morgan fingerprint density at radius 3 is 1.73 bits per heavy atom. The Bertz CT molecular complexity index is 1430. The van der Waals surface area contributed by atoms with Gasteiger partial charge in [0.1, 0.15) is 0 Å². The first-order valence-corrected chi connectivity index (χ1v) is 13.7. The quantitative estimate of drug-likeness (QED) is 0.232. The zero-order valence-electron chi connectivity index (χ0n) is 20.8. The summed E-state index contributed by atoms with van der Waals surface area (Å²) in [7, 11) is -1.34. The first-order valence-electron chi connectivity index (χ1n) is 12.5. The summed E-state index contributed by atoms with van der Waals surface area (Å²) in [6.07, 6.45) is 11.6. The van der Waals surface area contributed by atoms with Gasteiger partial charge in [0.2, 0.25) is 0 Å². The molecule has 4 nitrogen and oxygen atoms in total. The van der Waals surface area contributed by atoms with Crippen molar-refractivity contribution in [2.24, 2.45) is 0 Å². The van der Waals surface area contributed by atoms with E-state index in [1.54, 1.807) is 24.8 Å². The molecule has 0 unspecified atom stereocenters. The molecule has 3 heterocycles. The van der Waals surface area contributed by atoms with Crippen LogP contribution in [-0.4, -0.2) is 20.7 Å². The topological polar surface area (TPSA) is 46.1 Å². The van der Waals surface area contributed by atoms with E-state index in [0.717, 1.165) is 56.4 Å². The lowest BCUT2D eigenvalue weighted by Gasteiger charge is -2.33. The van der Waals surface area contributed by atoms with Crippen LogP contribution in [0.5, 0.6) is 0 Å². The molecule has 0 fully saturated rings. The minimum absolute atomic E-state index is 0.790. The van der Waals surface area contributed by atoms with E-state index in [4.69, 9.17) is 0 Å². The van der Waals surface area contributed by atoms with E-state index < -0.39 is 10.8 Å². The second-order valence-electron chi connectivity index (χ2n) is 8.83. The third kappa shape index (κ3) is 5.80. The summed E-state index contributed by atoms with van der Waals surface area (Å²) in [6.45, 7) is 3.09. The summed E-state index contributed by atoms with van der Waals surface area (Å²) in [5.74, 6) is 12.7. The molecule has 0 bridgehead atoms. The standard InChI is InChI=1S/C32H27N3OS/c1-2-3-4-5-20-35-29-16-14-25(10-12-27-8-6-18-33-23-27)21-31(29)37(36)32-22-26(15-17-30(32)35)11-13-28-9-7-19-34-24-28/h6-9,14-19,21-24H,2-5,20H2,1H3. The average Bonchev–Trinajstić information content (AvgIpc) is 2.95. The molecule has 2 aromatic carbocycles. The van der Waals surface area contributed by atoms with E-state index in [1.807, 2.05) is 48.5 Å². The molecule has 1 aliphatic heterocycles. The van der Waals surface area contributed by atoms with Gasteiger partial charge in [0.25, 0.3) is 0 Å². The summed E-state index contributed by atoms with van der Waals surface area (Å²) in [4.78, 5) is 12.1. The number of hydrogen-bond acceptors (Lipinski definition) is 4. The van der Waals surface area contributed by atoms with Gasteiger partial charge < -0.3 is 4.90 Å². The predicted octanol–water partition coefficient (Wildman–Crippen LogP) is 6.47. The van der Waals surface area contributed by atoms with Crippen LogP contribution in [0.1, 0.15) is 54.9 Å². The zero-order valence-corrected chi connectivity index (χ0v) is 21.6. The number of benzene rings is 2. The van der Waals surface area contributed by atoms with Crippen LogP contribution >= 0.6 is 0 Å². The number of unbranched alkanes of at least 4 members (excludes halogenated alkanes) is 3. The van der Waals surface area contributed by atoms with Crippen molar-refractivity contribution in [2.75, 3.05) is 11.4 Å². The maximum atomic E-state index is 13.9. The number of anilines is 2. The molecule has 182 valence electrons. The van der Waals surface area contributed by atoms with Gasteiger partial charge in [-0.1, -0.05) is 49.9 Å². The molecule has 0 aliphatic carbocycles. The van der Waals surface area contributed by atoms with E-state index in [1.165, 1.54) is 19.3 Å². The maximum Gasteiger partial charge on any atom is 0.0893 e. The molecular weight excluding hydrogens is 474 g/mol. The Kier molecular flexibility index (Phi) is 7.75. The fourth-order valence-electron chi connectivity index (χ4n) is 4.27. The van der Waals surface area contributed by atoms with Gasteiger partial charge in [0, 0.05) is 53.6 Å². The van der Waals surface area contributed by atoms with Crippen LogP contribution in [0.15, 0.2) is 95.2 Å². The molecule has 0 radical (unpaired) electrons. The molecular formula is C32H27N3OS. The highest BCUT2D eigenvalue weighted by Crippen LogP contribution is 2.42. The van der Waals surface area contributed by atoms with Gasteiger partial charge in [-0.25, -0.2) is 4.21 Å². The van der Waals surface area contributed by atoms with Crippen molar-refractivity contribution in [1.29, 1.82) is 0 Å². The van der Waals surface area contributed by atoms with Gasteiger partial charge in [0.15, 0.2) is 0 Å². The van der Waals surface area contributed by atoms with E-state index in [2.05, 4.69) is 57.6 Å². The molecule has 0 amide bonds. The predicted molar refractivity (Wildman–Crippen MR) is 149 cm³/mol. The van der Waals surface area contributed by atoms with Crippen LogP contribution in [0.2, 0.25) is 0 Å². The monoisotopic (exact) mass is 501 g/mol. The summed E-state index contributed by atoms with van der Waals surface area (Å²) in [5, 5.41) is 0. The Morgan fingerprint density at radius 2 is 1.24 bits per heavy atom. The Morgan fingerprint density at radius 1 is 0.703 bits per heavy atom. The second-order valence-corrected chi connectivity index (χ2v) is 10.2. The molecule has 0 atom stereocenters. The third-order valence-corrected chi connectivity index (χ3v) is 7.61. The fourth-order valence-corrected chi connectivity index (χ4v) is 5.72. The van der Waals surface area contributed by atoms with Crippen molar-refractivity contribution in [3.8, 4) is 23.7 Å². The highest BCUT2D eigenvalue weighted by Gasteiger charge is 2.28. The molecule has 5 rings (SSSR count). The first kappa shape index (κ1) is 24.5.